The Morgan fingerprint density at radius 3 is 1.89 bits per heavy atom. The van der Waals surface area contributed by atoms with E-state index in [0.717, 1.165) is 12.8 Å². The summed E-state index contributed by atoms with van der Waals surface area (Å²) in [4.78, 5) is 0. The molecule has 0 radical (unpaired) electrons. The standard InChI is InChI=1S/C26H33F3O3.C3H6/c1-16(14-24(27)17(2)31-3)15-32-21-10-6-19(7-11-21)23-13-12-22(25(28)26(23)29)18-4-8-20(30)9-5-18;1-3-2/h12-14,18-21,30H,1-2,4-11,15H2,3H3;3H,1H2,2H3/b24-14+;. The smallest absolute Gasteiger partial charge is 0.164 e. The first kappa shape index (κ1) is 28.9. The van der Waals surface area contributed by atoms with Crippen molar-refractivity contribution >= 4 is 0 Å². The largest absolute Gasteiger partial charge is 0.494 e. The van der Waals surface area contributed by atoms with Gasteiger partial charge in [0.1, 0.15) is 5.76 Å². The van der Waals surface area contributed by atoms with Crippen LogP contribution >= 0.6 is 0 Å². The summed E-state index contributed by atoms with van der Waals surface area (Å²) in [5.41, 5.74) is 1.35. The van der Waals surface area contributed by atoms with Crippen molar-refractivity contribution in [2.24, 2.45) is 0 Å². The van der Waals surface area contributed by atoms with Crippen molar-refractivity contribution in [3.8, 4) is 0 Å². The maximum absolute atomic E-state index is 14.9. The highest BCUT2D eigenvalue weighted by atomic mass is 19.2. The minimum absolute atomic E-state index is 0.0223. The third-order valence-electron chi connectivity index (χ3n) is 6.74. The second-order valence-electron chi connectivity index (χ2n) is 9.35. The Hall–Kier alpha value is -2.31. The Labute approximate surface area is 208 Å². The van der Waals surface area contributed by atoms with Crippen molar-refractivity contribution in [1.29, 1.82) is 0 Å². The highest BCUT2D eigenvalue weighted by Gasteiger charge is 2.29. The van der Waals surface area contributed by atoms with Gasteiger partial charge in [0.05, 0.1) is 25.9 Å². The Morgan fingerprint density at radius 2 is 1.43 bits per heavy atom. The number of benzene rings is 1. The molecule has 2 aliphatic carbocycles. The van der Waals surface area contributed by atoms with Gasteiger partial charge >= 0.3 is 0 Å². The predicted molar refractivity (Wildman–Crippen MR) is 135 cm³/mol. The van der Waals surface area contributed by atoms with E-state index in [1.165, 1.54) is 13.2 Å². The molecular weight excluding hydrogens is 453 g/mol. The van der Waals surface area contributed by atoms with E-state index in [2.05, 4.69) is 19.7 Å². The molecule has 0 spiro atoms. The first-order valence-electron chi connectivity index (χ1n) is 12.3. The molecule has 0 amide bonds. The van der Waals surface area contributed by atoms with Crippen LogP contribution in [0.25, 0.3) is 0 Å². The first-order valence-corrected chi connectivity index (χ1v) is 12.3. The zero-order valence-corrected chi connectivity index (χ0v) is 21.0. The molecule has 1 aromatic carbocycles. The second kappa shape index (κ2) is 14.3. The van der Waals surface area contributed by atoms with Crippen molar-refractivity contribution in [3.05, 3.63) is 83.9 Å². The van der Waals surface area contributed by atoms with Crippen LogP contribution in [-0.4, -0.2) is 31.0 Å². The lowest BCUT2D eigenvalue weighted by atomic mass is 9.79. The quantitative estimate of drug-likeness (QED) is 0.229. The van der Waals surface area contributed by atoms with Gasteiger partial charge in [-0.1, -0.05) is 31.4 Å². The van der Waals surface area contributed by atoms with Gasteiger partial charge in [-0.05, 0) is 92.9 Å². The fourth-order valence-corrected chi connectivity index (χ4v) is 4.76. The van der Waals surface area contributed by atoms with Crippen molar-refractivity contribution in [3.63, 3.8) is 0 Å². The fraction of sp³-hybridized carbons (Fsp3) is 0.517. The van der Waals surface area contributed by atoms with Gasteiger partial charge in [-0.25, -0.2) is 13.2 Å². The van der Waals surface area contributed by atoms with Crippen LogP contribution in [0.3, 0.4) is 0 Å². The fourth-order valence-electron chi connectivity index (χ4n) is 4.76. The number of hydrogen-bond donors (Lipinski definition) is 1. The Bertz CT molecular complexity index is 893. The Balaban J connectivity index is 0.00000137. The molecule has 2 aliphatic rings. The van der Waals surface area contributed by atoms with E-state index in [0.29, 0.717) is 55.2 Å². The summed E-state index contributed by atoms with van der Waals surface area (Å²) in [7, 11) is 1.34. The second-order valence-corrected chi connectivity index (χ2v) is 9.35. The SMILES string of the molecule is C=C(/C=C(/F)C(=C)OC)COC1CCC(c2ccc(C3CCC(O)CC3)c(F)c2F)CC1.C=CC. The van der Waals surface area contributed by atoms with Crippen molar-refractivity contribution in [2.45, 2.75) is 82.3 Å². The minimum atomic E-state index is -0.731. The average Bonchev–Trinajstić information content (AvgIpc) is 2.85. The maximum atomic E-state index is 14.9. The molecule has 1 aromatic rings. The van der Waals surface area contributed by atoms with Gasteiger partial charge in [0, 0.05) is 0 Å². The lowest BCUT2D eigenvalue weighted by molar-refractivity contribution is 0.0393. The molecule has 0 aliphatic heterocycles. The molecule has 194 valence electrons. The third-order valence-corrected chi connectivity index (χ3v) is 6.74. The summed E-state index contributed by atoms with van der Waals surface area (Å²) in [6.45, 7) is 12.7. The topological polar surface area (TPSA) is 38.7 Å². The van der Waals surface area contributed by atoms with Gasteiger partial charge in [0.25, 0.3) is 0 Å². The van der Waals surface area contributed by atoms with Crippen LogP contribution in [0.5, 0.6) is 0 Å². The van der Waals surface area contributed by atoms with Crippen LogP contribution < -0.4 is 0 Å². The molecule has 3 nitrogen and oxygen atoms in total. The van der Waals surface area contributed by atoms with Crippen molar-refractivity contribution < 1.29 is 27.8 Å². The number of halogens is 3. The number of allylic oxidation sites excluding steroid dienone is 2. The van der Waals surface area contributed by atoms with E-state index in [9.17, 15) is 18.3 Å². The molecular formula is C29H39F3O3. The maximum Gasteiger partial charge on any atom is 0.164 e. The third kappa shape index (κ3) is 8.39. The molecule has 6 heteroatoms. The number of methoxy groups -OCH3 is 1. The molecule has 0 saturated heterocycles. The molecule has 35 heavy (non-hydrogen) atoms. The summed E-state index contributed by atoms with van der Waals surface area (Å²) in [5.74, 6) is -2.19. The monoisotopic (exact) mass is 492 g/mol. The number of aliphatic hydroxyl groups excluding tert-OH is 1. The number of aliphatic hydroxyl groups is 1. The van der Waals surface area contributed by atoms with E-state index in [1.807, 2.05) is 6.92 Å². The molecule has 0 unspecified atom stereocenters. The number of hydrogen-bond acceptors (Lipinski definition) is 3. The lowest BCUT2D eigenvalue weighted by Crippen LogP contribution is -2.22. The predicted octanol–water partition coefficient (Wildman–Crippen LogP) is 7.79. The van der Waals surface area contributed by atoms with Gasteiger partial charge < -0.3 is 14.6 Å². The lowest BCUT2D eigenvalue weighted by Gasteiger charge is -2.30. The van der Waals surface area contributed by atoms with E-state index >= 15 is 0 Å². The van der Waals surface area contributed by atoms with Gasteiger partial charge in [-0.15, -0.1) is 6.58 Å². The van der Waals surface area contributed by atoms with Crippen LogP contribution in [0.1, 0.15) is 81.3 Å². The van der Waals surface area contributed by atoms with Gasteiger partial charge in [-0.2, -0.15) is 0 Å². The molecule has 1 N–H and O–H groups in total. The zero-order chi connectivity index (χ0) is 26.0. The van der Waals surface area contributed by atoms with Crippen LogP contribution in [0.2, 0.25) is 0 Å². The molecule has 3 rings (SSSR count). The molecule has 2 saturated carbocycles. The van der Waals surface area contributed by atoms with E-state index in [1.54, 1.807) is 18.2 Å². The molecule has 0 atom stereocenters. The van der Waals surface area contributed by atoms with Crippen molar-refractivity contribution in [2.75, 3.05) is 13.7 Å². The van der Waals surface area contributed by atoms with Crippen LogP contribution in [-0.2, 0) is 9.47 Å². The molecule has 2 fully saturated rings. The number of rotatable bonds is 8. The molecule has 0 heterocycles. The van der Waals surface area contributed by atoms with Gasteiger partial charge in [0.2, 0.25) is 0 Å². The zero-order valence-electron chi connectivity index (χ0n) is 21.0. The first-order chi connectivity index (χ1) is 16.7. The minimum Gasteiger partial charge on any atom is -0.494 e. The Morgan fingerprint density at radius 1 is 0.971 bits per heavy atom. The molecule has 0 bridgehead atoms. The summed E-state index contributed by atoms with van der Waals surface area (Å²) in [6, 6.07) is 3.47. The summed E-state index contributed by atoms with van der Waals surface area (Å²) in [5, 5.41) is 9.66. The van der Waals surface area contributed by atoms with Gasteiger partial charge in [-0.3, -0.25) is 0 Å². The van der Waals surface area contributed by atoms with E-state index in [4.69, 9.17) is 9.47 Å². The van der Waals surface area contributed by atoms with Gasteiger partial charge in [0.15, 0.2) is 17.5 Å². The average molecular weight is 493 g/mol. The summed E-state index contributed by atoms with van der Waals surface area (Å²) >= 11 is 0. The highest BCUT2D eigenvalue weighted by Crippen LogP contribution is 2.39. The summed E-state index contributed by atoms with van der Waals surface area (Å²) in [6.07, 6.45) is 8.12. The van der Waals surface area contributed by atoms with E-state index in [-0.39, 0.29) is 36.4 Å². The molecule has 0 aromatic heterocycles. The number of ether oxygens (including phenoxy) is 2. The van der Waals surface area contributed by atoms with Crippen LogP contribution in [0, 0.1) is 11.6 Å². The van der Waals surface area contributed by atoms with E-state index < -0.39 is 17.5 Å². The summed E-state index contributed by atoms with van der Waals surface area (Å²) < 4.78 is 54.1. The van der Waals surface area contributed by atoms with Crippen LogP contribution in [0.4, 0.5) is 13.2 Å². The Kier molecular flexibility index (Phi) is 11.8. The highest BCUT2D eigenvalue weighted by molar-refractivity contribution is 5.32. The normalized spacial score (nSPS) is 24.7. The van der Waals surface area contributed by atoms with Crippen molar-refractivity contribution in [1.82, 2.24) is 0 Å². The van der Waals surface area contributed by atoms with Crippen LogP contribution in [0.15, 0.2) is 61.2 Å².